The van der Waals surface area contributed by atoms with Crippen LogP contribution in [-0.2, 0) is 14.3 Å². The maximum Gasteiger partial charge on any atom is 0.334 e. The summed E-state index contributed by atoms with van der Waals surface area (Å²) in [5.41, 5.74) is -0.800. The lowest BCUT2D eigenvalue weighted by Gasteiger charge is -2.33. The Morgan fingerprint density at radius 1 is 1.33 bits per heavy atom. The van der Waals surface area contributed by atoms with E-state index < -0.39 is 41.6 Å². The second-order valence-corrected chi connectivity index (χ2v) is 6.88. The van der Waals surface area contributed by atoms with Crippen molar-refractivity contribution in [1.82, 2.24) is 0 Å². The Hall–Kier alpha value is -0.950. The van der Waals surface area contributed by atoms with Crippen molar-refractivity contribution < 1.29 is 29.6 Å². The van der Waals surface area contributed by atoms with Crippen LogP contribution in [0.2, 0.25) is 0 Å². The average molecular weight is 298 g/mol. The predicted octanol–water partition coefficient (Wildman–Crippen LogP) is 0.104. The minimum Gasteiger partial charge on any atom is -0.458 e. The molecule has 7 atom stereocenters. The zero-order chi connectivity index (χ0) is 15.6. The lowest BCUT2D eigenvalue weighted by Crippen LogP contribution is -2.43. The smallest absolute Gasteiger partial charge is 0.334 e. The second kappa shape index (κ2) is 4.52. The summed E-state index contributed by atoms with van der Waals surface area (Å²) in [5.74, 6) is -2.83. The third-order valence-corrected chi connectivity index (χ3v) is 5.31. The van der Waals surface area contributed by atoms with Crippen LogP contribution in [-0.4, -0.2) is 51.0 Å². The molecule has 3 heterocycles. The second-order valence-electron chi connectivity index (χ2n) is 6.88. The van der Waals surface area contributed by atoms with E-state index in [1.54, 1.807) is 13.8 Å². The first-order valence-corrected chi connectivity index (χ1v) is 7.35. The Labute approximate surface area is 123 Å². The highest BCUT2D eigenvalue weighted by Gasteiger charge is 2.59. The monoisotopic (exact) mass is 298 g/mol. The van der Waals surface area contributed by atoms with Crippen molar-refractivity contribution in [3.63, 3.8) is 0 Å². The highest BCUT2D eigenvalue weighted by atomic mass is 16.7. The summed E-state index contributed by atoms with van der Waals surface area (Å²) in [6.07, 6.45) is -1.75. The molecule has 3 aliphatic rings. The molecule has 3 N–H and O–H groups in total. The topological polar surface area (TPSA) is 96.2 Å². The van der Waals surface area contributed by atoms with Gasteiger partial charge in [-0.2, -0.15) is 0 Å². The molecule has 3 aliphatic heterocycles. The number of rotatable bonds is 0. The van der Waals surface area contributed by atoms with Crippen LogP contribution in [0, 0.1) is 11.8 Å². The van der Waals surface area contributed by atoms with Gasteiger partial charge in [0.1, 0.15) is 6.10 Å². The Morgan fingerprint density at radius 3 is 2.67 bits per heavy atom. The quantitative estimate of drug-likeness (QED) is 0.434. The van der Waals surface area contributed by atoms with E-state index in [0.29, 0.717) is 6.42 Å². The molecule has 3 rings (SSSR count). The highest BCUT2D eigenvalue weighted by molar-refractivity contribution is 5.91. The Balaban J connectivity index is 1.99. The number of carbonyl (C=O) groups is 1. The lowest BCUT2D eigenvalue weighted by atomic mass is 9.78. The van der Waals surface area contributed by atoms with Crippen molar-refractivity contribution in [3.05, 3.63) is 12.2 Å². The summed E-state index contributed by atoms with van der Waals surface area (Å²) in [4.78, 5) is 11.7. The van der Waals surface area contributed by atoms with Crippen LogP contribution >= 0.6 is 0 Å². The molecule has 118 valence electrons. The van der Waals surface area contributed by atoms with Crippen molar-refractivity contribution in [2.45, 2.75) is 62.8 Å². The van der Waals surface area contributed by atoms with Crippen molar-refractivity contribution in [2.24, 2.45) is 11.8 Å². The standard InChI is InChI=1S/C15H22O6/c1-7-4-10-12(8(2)13(18)20-10)9(16)5-14(3)11(17)6-15(7,19)21-14/h7,9-12,16-17,19H,2,4-6H2,1,3H3/t7-,9+,10+,11-,12+,14-,15+/m0/s1. The van der Waals surface area contributed by atoms with Crippen molar-refractivity contribution in [3.8, 4) is 0 Å². The molecule has 3 fully saturated rings. The minimum atomic E-state index is -1.47. The largest absolute Gasteiger partial charge is 0.458 e. The number of ether oxygens (including phenoxy) is 2. The molecular weight excluding hydrogens is 276 g/mol. The fraction of sp³-hybridized carbons (Fsp3) is 0.800. The number of aliphatic hydroxyl groups is 3. The van der Waals surface area contributed by atoms with E-state index in [-0.39, 0.29) is 24.3 Å². The van der Waals surface area contributed by atoms with E-state index in [4.69, 9.17) is 9.47 Å². The van der Waals surface area contributed by atoms with Gasteiger partial charge in [0.05, 0.1) is 23.7 Å². The van der Waals surface area contributed by atoms with Gasteiger partial charge in [-0.05, 0) is 13.3 Å². The number of hydrogen-bond donors (Lipinski definition) is 3. The Kier molecular flexibility index (Phi) is 3.22. The summed E-state index contributed by atoms with van der Waals surface area (Å²) in [6, 6.07) is 0. The van der Waals surface area contributed by atoms with Gasteiger partial charge in [-0.1, -0.05) is 13.5 Å². The minimum absolute atomic E-state index is 0.0870. The number of carbonyl (C=O) groups excluding carboxylic acids is 1. The van der Waals surface area contributed by atoms with E-state index >= 15 is 0 Å². The molecule has 0 aromatic rings. The molecule has 0 saturated carbocycles. The van der Waals surface area contributed by atoms with Gasteiger partial charge in [-0.3, -0.25) is 0 Å². The average Bonchev–Trinajstić information content (AvgIpc) is 2.75. The first kappa shape index (κ1) is 15.0. The van der Waals surface area contributed by atoms with Crippen molar-refractivity contribution in [1.29, 1.82) is 0 Å². The molecule has 0 radical (unpaired) electrons. The van der Waals surface area contributed by atoms with Crippen molar-refractivity contribution >= 4 is 5.97 Å². The summed E-state index contributed by atoms with van der Waals surface area (Å²) < 4.78 is 11.0. The van der Waals surface area contributed by atoms with E-state index in [0.717, 1.165) is 0 Å². The molecule has 0 aromatic carbocycles. The van der Waals surface area contributed by atoms with Crippen molar-refractivity contribution in [2.75, 3.05) is 0 Å². The van der Waals surface area contributed by atoms with Gasteiger partial charge in [0.2, 0.25) is 0 Å². The third-order valence-electron chi connectivity index (χ3n) is 5.31. The maximum absolute atomic E-state index is 11.7. The SMILES string of the molecule is C=C1C(=O)O[C@@H]2C[C@H](C)[C@@]3(O)C[C@H](O)[C@](C)(C[C@@H](O)[C@@H]12)O3. The molecule has 0 aliphatic carbocycles. The summed E-state index contributed by atoms with van der Waals surface area (Å²) in [7, 11) is 0. The molecule has 21 heavy (non-hydrogen) atoms. The van der Waals surface area contributed by atoms with Gasteiger partial charge in [-0.15, -0.1) is 0 Å². The molecule has 0 aromatic heterocycles. The summed E-state index contributed by atoms with van der Waals surface area (Å²) >= 11 is 0. The number of aliphatic hydroxyl groups excluding tert-OH is 2. The fourth-order valence-corrected chi connectivity index (χ4v) is 3.88. The zero-order valence-corrected chi connectivity index (χ0v) is 12.3. The normalized spacial score (nSPS) is 53.7. The lowest BCUT2D eigenvalue weighted by molar-refractivity contribution is -0.252. The molecule has 0 amide bonds. The van der Waals surface area contributed by atoms with Gasteiger partial charge < -0.3 is 24.8 Å². The first-order valence-electron chi connectivity index (χ1n) is 7.35. The molecule has 6 heteroatoms. The van der Waals surface area contributed by atoms with Gasteiger partial charge in [0, 0.05) is 24.3 Å². The van der Waals surface area contributed by atoms with Crippen LogP contribution in [0.25, 0.3) is 0 Å². The number of esters is 1. The molecule has 0 spiro atoms. The van der Waals surface area contributed by atoms with Gasteiger partial charge >= 0.3 is 5.97 Å². The van der Waals surface area contributed by atoms with Gasteiger partial charge in [-0.25, -0.2) is 4.79 Å². The van der Waals surface area contributed by atoms with Crippen LogP contribution < -0.4 is 0 Å². The van der Waals surface area contributed by atoms with E-state index in [1.165, 1.54) is 0 Å². The van der Waals surface area contributed by atoms with E-state index in [9.17, 15) is 20.1 Å². The van der Waals surface area contributed by atoms with E-state index in [1.807, 2.05) is 0 Å². The zero-order valence-electron chi connectivity index (χ0n) is 12.3. The van der Waals surface area contributed by atoms with Crippen LogP contribution in [0.5, 0.6) is 0 Å². The van der Waals surface area contributed by atoms with Gasteiger partial charge in [0.25, 0.3) is 0 Å². The third kappa shape index (κ3) is 2.12. The Bertz CT molecular complexity index is 491. The molecule has 0 unspecified atom stereocenters. The first-order chi connectivity index (χ1) is 9.66. The van der Waals surface area contributed by atoms with Crippen LogP contribution in [0.1, 0.15) is 33.1 Å². The summed E-state index contributed by atoms with van der Waals surface area (Å²) in [6.45, 7) is 7.19. The molecular formula is C15H22O6. The molecule has 6 nitrogen and oxygen atoms in total. The van der Waals surface area contributed by atoms with E-state index in [2.05, 4.69) is 6.58 Å². The van der Waals surface area contributed by atoms with Gasteiger partial charge in [0.15, 0.2) is 5.79 Å². The number of hydrogen-bond acceptors (Lipinski definition) is 6. The molecule has 3 saturated heterocycles. The highest BCUT2D eigenvalue weighted by Crippen LogP contribution is 2.49. The fourth-order valence-electron chi connectivity index (χ4n) is 3.88. The molecule has 2 bridgehead atoms. The Morgan fingerprint density at radius 2 is 2.00 bits per heavy atom. The number of fused-ring (bicyclic) bond motifs is 3. The van der Waals surface area contributed by atoms with Crippen LogP contribution in [0.3, 0.4) is 0 Å². The summed E-state index contributed by atoms with van der Waals surface area (Å²) in [5, 5.41) is 31.4. The predicted molar refractivity (Wildman–Crippen MR) is 72.0 cm³/mol. The van der Waals surface area contributed by atoms with Crippen LogP contribution in [0.15, 0.2) is 12.2 Å². The maximum atomic E-state index is 11.7. The van der Waals surface area contributed by atoms with Crippen LogP contribution in [0.4, 0.5) is 0 Å².